The molecule has 15 heavy (non-hydrogen) atoms. The first-order valence-corrected chi connectivity index (χ1v) is 6.28. The van der Waals surface area contributed by atoms with Crippen molar-refractivity contribution in [1.29, 1.82) is 0 Å². The molecule has 0 radical (unpaired) electrons. The first-order valence-electron chi connectivity index (χ1n) is 5.48. The average Bonchev–Trinajstić information content (AvgIpc) is 2.21. The fraction of sp³-hybridized carbons (Fsp3) is 0.583. The fourth-order valence-corrected chi connectivity index (χ4v) is 2.17. The number of anilines is 1. The normalized spacial score (nSPS) is 12.6. The van der Waals surface area contributed by atoms with Gasteiger partial charge in [-0.05, 0) is 54.8 Å². The number of pyridine rings is 1. The van der Waals surface area contributed by atoms with Gasteiger partial charge >= 0.3 is 0 Å². The first kappa shape index (κ1) is 12.5. The summed E-state index contributed by atoms with van der Waals surface area (Å²) in [4.78, 5) is 6.85. The number of aryl methyl sites for hydroxylation is 1. The molecule has 0 amide bonds. The molecular weight excluding hydrogens is 252 g/mol. The van der Waals surface area contributed by atoms with Gasteiger partial charge in [0.2, 0.25) is 0 Å². The second kappa shape index (κ2) is 5.50. The molecule has 0 bridgehead atoms. The Morgan fingerprint density at radius 1 is 1.47 bits per heavy atom. The van der Waals surface area contributed by atoms with Crippen LogP contribution in [0.4, 0.5) is 5.82 Å². The van der Waals surface area contributed by atoms with Gasteiger partial charge in [-0.1, -0.05) is 6.92 Å². The predicted octanol–water partition coefficient (Wildman–Crippen LogP) is 3.78. The molecule has 0 saturated carbocycles. The third-order valence-corrected chi connectivity index (χ3v) is 3.19. The van der Waals surface area contributed by atoms with Crippen LogP contribution >= 0.6 is 15.9 Å². The van der Waals surface area contributed by atoms with Crippen LogP contribution in [0.2, 0.25) is 0 Å². The summed E-state index contributed by atoms with van der Waals surface area (Å²) in [6.45, 7) is 9.74. The second-order valence-electron chi connectivity index (χ2n) is 3.84. The summed E-state index contributed by atoms with van der Waals surface area (Å²) in [6.07, 6.45) is 3.01. The van der Waals surface area contributed by atoms with E-state index in [9.17, 15) is 0 Å². The summed E-state index contributed by atoms with van der Waals surface area (Å²) in [5.41, 5.74) is 1.23. The van der Waals surface area contributed by atoms with Crippen molar-refractivity contribution in [3.8, 4) is 0 Å². The Bertz CT molecular complexity index is 325. The van der Waals surface area contributed by atoms with Crippen molar-refractivity contribution in [2.24, 2.45) is 0 Å². The molecule has 0 spiro atoms. The van der Waals surface area contributed by atoms with E-state index < -0.39 is 0 Å². The highest BCUT2D eigenvalue weighted by Gasteiger charge is 2.14. The van der Waals surface area contributed by atoms with Crippen LogP contribution in [0.25, 0.3) is 0 Å². The van der Waals surface area contributed by atoms with Gasteiger partial charge in [-0.2, -0.15) is 0 Å². The molecule has 1 aromatic rings. The van der Waals surface area contributed by atoms with E-state index in [1.165, 1.54) is 5.56 Å². The van der Waals surface area contributed by atoms with E-state index in [0.29, 0.717) is 6.04 Å². The lowest BCUT2D eigenvalue weighted by Gasteiger charge is -2.29. The molecule has 3 heteroatoms. The van der Waals surface area contributed by atoms with Gasteiger partial charge in [0.1, 0.15) is 5.82 Å². The maximum Gasteiger partial charge on any atom is 0.131 e. The van der Waals surface area contributed by atoms with Crippen molar-refractivity contribution >= 4 is 21.7 Å². The molecule has 1 unspecified atom stereocenters. The van der Waals surface area contributed by atoms with Crippen LogP contribution in [0.15, 0.2) is 16.7 Å². The van der Waals surface area contributed by atoms with Crippen LogP contribution in [0.3, 0.4) is 0 Å². The summed E-state index contributed by atoms with van der Waals surface area (Å²) in [6, 6.07) is 2.66. The zero-order chi connectivity index (χ0) is 11.4. The highest BCUT2D eigenvalue weighted by molar-refractivity contribution is 9.10. The lowest BCUT2D eigenvalue weighted by Crippen LogP contribution is -2.33. The maximum absolute atomic E-state index is 4.50. The molecule has 2 nitrogen and oxygen atoms in total. The van der Waals surface area contributed by atoms with E-state index in [1.807, 2.05) is 6.20 Å². The Balaban J connectivity index is 3.01. The first-order chi connectivity index (χ1) is 7.10. The molecule has 84 valence electrons. The van der Waals surface area contributed by atoms with Crippen LogP contribution in [0.5, 0.6) is 0 Å². The molecule has 1 heterocycles. The van der Waals surface area contributed by atoms with Crippen LogP contribution in [0, 0.1) is 6.92 Å². The summed E-state index contributed by atoms with van der Waals surface area (Å²) >= 11 is 3.44. The SMILES string of the molecule is CCC(C)N(CC)c1ncc(Br)cc1C. The standard InChI is InChI=1S/C12H19BrN2/c1-5-10(4)15(6-2)12-9(3)7-11(13)8-14-12/h7-8,10H,5-6H2,1-4H3. The third-order valence-electron chi connectivity index (χ3n) is 2.75. The quantitative estimate of drug-likeness (QED) is 0.828. The lowest BCUT2D eigenvalue weighted by molar-refractivity contribution is 0.621. The molecule has 0 fully saturated rings. The van der Waals surface area contributed by atoms with Crippen molar-refractivity contribution in [1.82, 2.24) is 4.98 Å². The molecule has 1 rings (SSSR count). The van der Waals surface area contributed by atoms with Gasteiger partial charge in [-0.3, -0.25) is 0 Å². The molecule has 0 saturated heterocycles. The molecule has 1 aromatic heterocycles. The smallest absolute Gasteiger partial charge is 0.131 e. The minimum atomic E-state index is 0.544. The summed E-state index contributed by atoms with van der Waals surface area (Å²) < 4.78 is 1.05. The summed E-state index contributed by atoms with van der Waals surface area (Å²) in [7, 11) is 0. The van der Waals surface area contributed by atoms with Crippen LogP contribution < -0.4 is 4.90 Å². The topological polar surface area (TPSA) is 16.1 Å². The fourth-order valence-electron chi connectivity index (χ4n) is 1.72. The Kier molecular flexibility index (Phi) is 4.58. The van der Waals surface area contributed by atoms with Crippen molar-refractivity contribution in [3.63, 3.8) is 0 Å². The number of halogens is 1. The monoisotopic (exact) mass is 270 g/mol. The Morgan fingerprint density at radius 2 is 2.13 bits per heavy atom. The summed E-state index contributed by atoms with van der Waals surface area (Å²) in [5.74, 6) is 1.11. The number of hydrogen-bond acceptors (Lipinski definition) is 2. The number of nitrogens with zero attached hydrogens (tertiary/aromatic N) is 2. The van der Waals surface area contributed by atoms with E-state index in [-0.39, 0.29) is 0 Å². The van der Waals surface area contributed by atoms with Crippen LogP contribution in [-0.4, -0.2) is 17.6 Å². The highest BCUT2D eigenvalue weighted by Crippen LogP contribution is 2.22. The third kappa shape index (κ3) is 2.94. The van der Waals surface area contributed by atoms with Crippen molar-refractivity contribution in [3.05, 3.63) is 22.3 Å². The van der Waals surface area contributed by atoms with E-state index in [1.54, 1.807) is 0 Å². The zero-order valence-corrected chi connectivity index (χ0v) is 11.5. The van der Waals surface area contributed by atoms with Gasteiger partial charge in [0, 0.05) is 23.3 Å². The van der Waals surface area contributed by atoms with E-state index in [2.05, 4.69) is 59.6 Å². The molecular formula is C12H19BrN2. The molecule has 1 atom stereocenters. The predicted molar refractivity (Wildman–Crippen MR) is 69.4 cm³/mol. The molecule has 0 N–H and O–H groups in total. The van der Waals surface area contributed by atoms with Crippen molar-refractivity contribution in [2.45, 2.75) is 40.2 Å². The Morgan fingerprint density at radius 3 is 2.60 bits per heavy atom. The molecule has 0 aliphatic rings. The van der Waals surface area contributed by atoms with Gasteiger partial charge in [0.05, 0.1) is 0 Å². The average molecular weight is 271 g/mol. The minimum absolute atomic E-state index is 0.544. The molecule has 0 aliphatic heterocycles. The number of hydrogen-bond donors (Lipinski definition) is 0. The van der Waals surface area contributed by atoms with Gasteiger partial charge in [0.25, 0.3) is 0 Å². The number of aromatic nitrogens is 1. The number of rotatable bonds is 4. The Hall–Kier alpha value is -0.570. The molecule has 0 aliphatic carbocycles. The second-order valence-corrected chi connectivity index (χ2v) is 4.75. The van der Waals surface area contributed by atoms with Gasteiger partial charge in [-0.15, -0.1) is 0 Å². The van der Waals surface area contributed by atoms with Crippen molar-refractivity contribution < 1.29 is 0 Å². The van der Waals surface area contributed by atoms with E-state index in [0.717, 1.165) is 23.3 Å². The zero-order valence-electron chi connectivity index (χ0n) is 9.92. The minimum Gasteiger partial charge on any atom is -0.354 e. The van der Waals surface area contributed by atoms with Gasteiger partial charge < -0.3 is 4.90 Å². The van der Waals surface area contributed by atoms with E-state index in [4.69, 9.17) is 0 Å². The maximum atomic E-state index is 4.50. The van der Waals surface area contributed by atoms with Gasteiger partial charge in [0.15, 0.2) is 0 Å². The molecule has 0 aromatic carbocycles. The van der Waals surface area contributed by atoms with Crippen LogP contribution in [0.1, 0.15) is 32.8 Å². The van der Waals surface area contributed by atoms with Gasteiger partial charge in [-0.25, -0.2) is 4.98 Å². The highest BCUT2D eigenvalue weighted by atomic mass is 79.9. The van der Waals surface area contributed by atoms with Crippen LogP contribution in [-0.2, 0) is 0 Å². The van der Waals surface area contributed by atoms with E-state index >= 15 is 0 Å². The Labute approximate surface area is 101 Å². The van der Waals surface area contributed by atoms with Crippen molar-refractivity contribution in [2.75, 3.05) is 11.4 Å². The lowest BCUT2D eigenvalue weighted by atomic mass is 10.2. The largest absolute Gasteiger partial charge is 0.354 e. The summed E-state index contributed by atoms with van der Waals surface area (Å²) in [5, 5.41) is 0.